The summed E-state index contributed by atoms with van der Waals surface area (Å²) < 4.78 is 7.78. The first kappa shape index (κ1) is 11.5. The van der Waals surface area contributed by atoms with Gasteiger partial charge in [0.25, 0.3) is 0 Å². The highest BCUT2D eigenvalue weighted by molar-refractivity contribution is 5.25. The van der Waals surface area contributed by atoms with Crippen molar-refractivity contribution in [1.82, 2.24) is 9.55 Å². The third-order valence-corrected chi connectivity index (χ3v) is 2.81. The van der Waals surface area contributed by atoms with Gasteiger partial charge in [0.2, 0.25) is 5.95 Å². The first-order valence-electron chi connectivity index (χ1n) is 6.12. The third-order valence-electron chi connectivity index (χ3n) is 2.81. The average molecular weight is 223 g/mol. The second-order valence-electron chi connectivity index (χ2n) is 4.81. The number of nitrogens with one attached hydrogen (secondary N) is 1. The largest absolute Gasteiger partial charge is 0.376 e. The fourth-order valence-corrected chi connectivity index (χ4v) is 1.93. The normalized spacial score (nSPS) is 20.6. The maximum absolute atomic E-state index is 5.63. The lowest BCUT2D eigenvalue weighted by Crippen LogP contribution is -2.18. The molecule has 0 saturated carbocycles. The zero-order valence-corrected chi connectivity index (χ0v) is 10.1. The molecule has 2 rings (SSSR count). The molecule has 1 fully saturated rings. The molecular weight excluding hydrogens is 202 g/mol. The van der Waals surface area contributed by atoms with Crippen molar-refractivity contribution in [1.29, 1.82) is 0 Å². The van der Waals surface area contributed by atoms with Gasteiger partial charge in [0.15, 0.2) is 0 Å². The molecule has 0 amide bonds. The first-order chi connectivity index (χ1) is 7.75. The summed E-state index contributed by atoms with van der Waals surface area (Å²) in [6.45, 7) is 7.18. The Balaban J connectivity index is 1.90. The topological polar surface area (TPSA) is 39.1 Å². The number of imidazole rings is 1. The molecule has 0 aromatic carbocycles. The maximum atomic E-state index is 5.63. The second-order valence-corrected chi connectivity index (χ2v) is 4.81. The van der Waals surface area contributed by atoms with Gasteiger partial charge in [-0.1, -0.05) is 13.8 Å². The van der Waals surface area contributed by atoms with Crippen LogP contribution in [0.25, 0.3) is 0 Å². The minimum atomic E-state index is 0.369. The van der Waals surface area contributed by atoms with Crippen molar-refractivity contribution in [3.8, 4) is 0 Å². The Labute approximate surface area is 97.0 Å². The quantitative estimate of drug-likeness (QED) is 0.831. The van der Waals surface area contributed by atoms with E-state index in [2.05, 4.69) is 28.7 Å². The molecule has 1 N–H and O–H groups in total. The van der Waals surface area contributed by atoms with E-state index in [4.69, 9.17) is 4.74 Å². The zero-order valence-electron chi connectivity index (χ0n) is 10.1. The van der Waals surface area contributed by atoms with Crippen LogP contribution in [0.1, 0.15) is 26.7 Å². The minimum Gasteiger partial charge on any atom is -0.376 e. The Kier molecular flexibility index (Phi) is 3.83. The summed E-state index contributed by atoms with van der Waals surface area (Å²) in [5.74, 6) is 1.59. The van der Waals surface area contributed by atoms with E-state index in [1.165, 1.54) is 12.8 Å². The lowest BCUT2D eigenvalue weighted by molar-refractivity contribution is 0.0974. The minimum absolute atomic E-state index is 0.369. The monoisotopic (exact) mass is 223 g/mol. The molecule has 16 heavy (non-hydrogen) atoms. The van der Waals surface area contributed by atoms with Gasteiger partial charge in [-0.3, -0.25) is 0 Å². The van der Waals surface area contributed by atoms with Crippen molar-refractivity contribution in [3.05, 3.63) is 12.4 Å². The number of nitrogens with zero attached hydrogens (tertiary/aromatic N) is 2. The third kappa shape index (κ3) is 2.98. The van der Waals surface area contributed by atoms with E-state index < -0.39 is 0 Å². The molecule has 0 spiro atoms. The lowest BCUT2D eigenvalue weighted by Gasteiger charge is -2.14. The van der Waals surface area contributed by atoms with Crippen LogP contribution in [0.3, 0.4) is 0 Å². The van der Waals surface area contributed by atoms with Gasteiger partial charge in [-0.15, -0.1) is 0 Å². The van der Waals surface area contributed by atoms with Crippen LogP contribution >= 0.6 is 0 Å². The van der Waals surface area contributed by atoms with Crippen LogP contribution in [0.2, 0.25) is 0 Å². The summed E-state index contributed by atoms with van der Waals surface area (Å²) in [4.78, 5) is 4.33. The van der Waals surface area contributed by atoms with Crippen LogP contribution in [0.4, 0.5) is 5.95 Å². The highest BCUT2D eigenvalue weighted by atomic mass is 16.5. The van der Waals surface area contributed by atoms with Crippen LogP contribution in [0.5, 0.6) is 0 Å². The average Bonchev–Trinajstić information content (AvgIpc) is 2.87. The molecule has 4 nitrogen and oxygen atoms in total. The van der Waals surface area contributed by atoms with Crippen molar-refractivity contribution in [2.75, 3.05) is 18.5 Å². The van der Waals surface area contributed by atoms with Crippen molar-refractivity contribution in [3.63, 3.8) is 0 Å². The van der Waals surface area contributed by atoms with Crippen LogP contribution in [-0.2, 0) is 11.3 Å². The fourth-order valence-electron chi connectivity index (χ4n) is 1.93. The van der Waals surface area contributed by atoms with Gasteiger partial charge in [-0.2, -0.15) is 0 Å². The Bertz CT molecular complexity index is 316. The molecule has 0 radical (unpaired) electrons. The number of aromatic nitrogens is 2. The number of hydrogen-bond donors (Lipinski definition) is 1. The maximum Gasteiger partial charge on any atom is 0.202 e. The second kappa shape index (κ2) is 5.34. The molecule has 0 aliphatic carbocycles. The molecule has 0 bridgehead atoms. The number of rotatable bonds is 5. The molecule has 1 atom stereocenters. The van der Waals surface area contributed by atoms with Crippen LogP contribution in [0.15, 0.2) is 12.4 Å². The van der Waals surface area contributed by atoms with E-state index >= 15 is 0 Å². The molecule has 1 aliphatic heterocycles. The van der Waals surface area contributed by atoms with E-state index in [9.17, 15) is 0 Å². The summed E-state index contributed by atoms with van der Waals surface area (Å²) >= 11 is 0. The van der Waals surface area contributed by atoms with Crippen LogP contribution in [-0.4, -0.2) is 28.8 Å². The molecule has 1 aliphatic rings. The SMILES string of the molecule is CC(C)CNc1nccn1CC1CCCO1. The van der Waals surface area contributed by atoms with E-state index in [0.29, 0.717) is 12.0 Å². The van der Waals surface area contributed by atoms with Gasteiger partial charge in [0.05, 0.1) is 12.6 Å². The van der Waals surface area contributed by atoms with Gasteiger partial charge < -0.3 is 14.6 Å². The molecular formula is C12H21N3O. The summed E-state index contributed by atoms with van der Waals surface area (Å²) in [6.07, 6.45) is 6.59. The Morgan fingerprint density at radius 3 is 3.19 bits per heavy atom. The highest BCUT2D eigenvalue weighted by Crippen LogP contribution is 2.16. The Hall–Kier alpha value is -1.03. The van der Waals surface area contributed by atoms with E-state index in [-0.39, 0.29) is 0 Å². The smallest absolute Gasteiger partial charge is 0.202 e. The van der Waals surface area contributed by atoms with Gasteiger partial charge >= 0.3 is 0 Å². The predicted molar refractivity (Wildman–Crippen MR) is 64.5 cm³/mol. The number of ether oxygens (including phenoxy) is 1. The highest BCUT2D eigenvalue weighted by Gasteiger charge is 2.17. The van der Waals surface area contributed by atoms with Crippen molar-refractivity contribution < 1.29 is 4.74 Å². The van der Waals surface area contributed by atoms with E-state index in [0.717, 1.165) is 25.6 Å². The van der Waals surface area contributed by atoms with Crippen LogP contribution in [0, 0.1) is 5.92 Å². The van der Waals surface area contributed by atoms with E-state index in [1.54, 1.807) is 0 Å². The molecule has 2 heterocycles. The molecule has 1 aromatic rings. The summed E-state index contributed by atoms with van der Waals surface area (Å²) in [5, 5.41) is 3.36. The zero-order chi connectivity index (χ0) is 11.4. The standard InChI is InChI=1S/C12H21N3O/c1-10(2)8-14-12-13-5-6-15(12)9-11-4-3-7-16-11/h5-6,10-11H,3-4,7-9H2,1-2H3,(H,13,14). The summed E-state index contributed by atoms with van der Waals surface area (Å²) in [6, 6.07) is 0. The molecule has 1 unspecified atom stereocenters. The molecule has 90 valence electrons. The first-order valence-corrected chi connectivity index (χ1v) is 6.12. The number of hydrogen-bond acceptors (Lipinski definition) is 3. The summed E-state index contributed by atoms with van der Waals surface area (Å²) in [5.41, 5.74) is 0. The van der Waals surface area contributed by atoms with Crippen molar-refractivity contribution in [2.24, 2.45) is 5.92 Å². The molecule has 1 aromatic heterocycles. The van der Waals surface area contributed by atoms with Crippen molar-refractivity contribution in [2.45, 2.75) is 39.3 Å². The molecule has 4 heteroatoms. The Morgan fingerprint density at radius 2 is 2.50 bits per heavy atom. The van der Waals surface area contributed by atoms with E-state index in [1.807, 2.05) is 12.4 Å². The van der Waals surface area contributed by atoms with Gasteiger partial charge in [0.1, 0.15) is 0 Å². The summed E-state index contributed by atoms with van der Waals surface area (Å²) in [7, 11) is 0. The lowest BCUT2D eigenvalue weighted by atomic mass is 10.2. The fraction of sp³-hybridized carbons (Fsp3) is 0.750. The van der Waals surface area contributed by atoms with Gasteiger partial charge in [-0.05, 0) is 18.8 Å². The van der Waals surface area contributed by atoms with Crippen LogP contribution < -0.4 is 5.32 Å². The molecule has 1 saturated heterocycles. The number of anilines is 1. The Morgan fingerprint density at radius 1 is 1.62 bits per heavy atom. The van der Waals surface area contributed by atoms with Crippen molar-refractivity contribution >= 4 is 5.95 Å². The van der Waals surface area contributed by atoms with Gasteiger partial charge in [-0.25, -0.2) is 4.98 Å². The predicted octanol–water partition coefficient (Wildman–Crippen LogP) is 2.13. The van der Waals surface area contributed by atoms with Gasteiger partial charge in [0, 0.05) is 25.5 Å².